The fourth-order valence-electron chi connectivity index (χ4n) is 3.99. The summed E-state index contributed by atoms with van der Waals surface area (Å²) >= 11 is 0. The number of aromatic nitrogens is 3. The van der Waals surface area contributed by atoms with Crippen LogP contribution in [0.5, 0.6) is 0 Å². The van der Waals surface area contributed by atoms with Gasteiger partial charge in [-0.3, -0.25) is 9.48 Å². The average molecular weight is 435 g/mol. The Balaban J connectivity index is 1.55. The molecule has 4 rings (SSSR count). The lowest BCUT2D eigenvalue weighted by Crippen LogP contribution is -2.42. The lowest BCUT2D eigenvalue weighted by Gasteiger charge is -2.31. The van der Waals surface area contributed by atoms with Crippen molar-refractivity contribution in [3.63, 3.8) is 0 Å². The van der Waals surface area contributed by atoms with Gasteiger partial charge >= 0.3 is 6.18 Å². The van der Waals surface area contributed by atoms with Crippen molar-refractivity contribution < 1.29 is 22.4 Å². The molecular weight excluding hydrogens is 414 g/mol. The third-order valence-electron chi connectivity index (χ3n) is 5.48. The molecule has 1 saturated carbocycles. The van der Waals surface area contributed by atoms with E-state index in [4.69, 9.17) is 0 Å². The number of hydrogen-bond donors (Lipinski definition) is 2. The summed E-state index contributed by atoms with van der Waals surface area (Å²) in [5.41, 5.74) is -0.359. The first kappa shape index (κ1) is 21.1. The van der Waals surface area contributed by atoms with E-state index in [1.165, 1.54) is 23.0 Å². The van der Waals surface area contributed by atoms with E-state index in [9.17, 15) is 22.4 Å². The highest BCUT2D eigenvalue weighted by Gasteiger charge is 2.34. The highest BCUT2D eigenvalue weighted by Crippen LogP contribution is 2.34. The number of anilines is 1. The number of nitrogens with zero attached hydrogens (tertiary/aromatic N) is 3. The van der Waals surface area contributed by atoms with Gasteiger partial charge in [0.05, 0.1) is 5.52 Å². The lowest BCUT2D eigenvalue weighted by atomic mass is 9.90. The molecule has 0 spiro atoms. The van der Waals surface area contributed by atoms with Crippen molar-refractivity contribution in [3.8, 4) is 0 Å². The molecule has 3 aromatic rings. The van der Waals surface area contributed by atoms with Crippen LogP contribution in [0.25, 0.3) is 10.9 Å². The number of halogens is 4. The van der Waals surface area contributed by atoms with Crippen LogP contribution in [0.2, 0.25) is 0 Å². The first-order valence-corrected chi connectivity index (χ1v) is 9.93. The number of amides is 1. The summed E-state index contributed by atoms with van der Waals surface area (Å²) in [5, 5.41) is 10.4. The molecule has 1 fully saturated rings. The Labute approximate surface area is 175 Å². The maximum Gasteiger partial charge on any atom is 0.433 e. The van der Waals surface area contributed by atoms with Crippen LogP contribution >= 0.6 is 0 Å². The molecule has 1 amide bonds. The van der Waals surface area contributed by atoms with Gasteiger partial charge in [-0.25, -0.2) is 9.37 Å². The van der Waals surface area contributed by atoms with E-state index >= 15 is 0 Å². The molecule has 10 heteroatoms. The van der Waals surface area contributed by atoms with Crippen LogP contribution in [0.3, 0.4) is 0 Å². The first-order valence-electron chi connectivity index (χ1n) is 9.93. The summed E-state index contributed by atoms with van der Waals surface area (Å²) < 4.78 is 55.2. The Morgan fingerprint density at radius 2 is 1.94 bits per heavy atom. The Morgan fingerprint density at radius 1 is 1.16 bits per heavy atom. The van der Waals surface area contributed by atoms with E-state index in [2.05, 4.69) is 20.7 Å². The van der Waals surface area contributed by atoms with Crippen LogP contribution in [0.15, 0.2) is 36.5 Å². The zero-order valence-electron chi connectivity index (χ0n) is 16.7. The molecule has 2 heterocycles. The van der Waals surface area contributed by atoms with Gasteiger partial charge in [0.25, 0.3) is 5.91 Å². The molecule has 31 heavy (non-hydrogen) atoms. The summed E-state index contributed by atoms with van der Waals surface area (Å²) in [4.78, 5) is 16.1. The molecule has 0 bridgehead atoms. The van der Waals surface area contributed by atoms with E-state index in [1.54, 1.807) is 13.1 Å². The molecular formula is C21H21F4N5O. The normalized spacial score (nSPS) is 19.4. The molecule has 2 atom stereocenters. The van der Waals surface area contributed by atoms with Gasteiger partial charge in [0, 0.05) is 36.4 Å². The Morgan fingerprint density at radius 3 is 2.65 bits per heavy atom. The topological polar surface area (TPSA) is 71.8 Å². The van der Waals surface area contributed by atoms with E-state index in [0.717, 1.165) is 31.4 Å². The average Bonchev–Trinajstić information content (AvgIpc) is 3.14. The molecule has 0 aliphatic heterocycles. The molecule has 1 aromatic carbocycles. The van der Waals surface area contributed by atoms with Crippen molar-refractivity contribution in [2.75, 3.05) is 5.32 Å². The van der Waals surface area contributed by atoms with Gasteiger partial charge in [0.1, 0.15) is 17.2 Å². The Hall–Kier alpha value is -3.17. The zero-order chi connectivity index (χ0) is 22.2. The number of carbonyl (C=O) groups excluding carboxylic acids is 1. The van der Waals surface area contributed by atoms with Crippen molar-refractivity contribution in [3.05, 3.63) is 53.7 Å². The second kappa shape index (κ2) is 8.16. The van der Waals surface area contributed by atoms with Gasteiger partial charge in [0.15, 0.2) is 0 Å². The number of nitrogens with one attached hydrogen (secondary N) is 2. The monoisotopic (exact) mass is 435 g/mol. The van der Waals surface area contributed by atoms with Gasteiger partial charge in [-0.05, 0) is 56.0 Å². The minimum absolute atomic E-state index is 0.0654. The number of hydrogen-bond acceptors (Lipinski definition) is 4. The van der Waals surface area contributed by atoms with Gasteiger partial charge < -0.3 is 10.6 Å². The van der Waals surface area contributed by atoms with Crippen molar-refractivity contribution in [2.24, 2.45) is 7.05 Å². The quantitative estimate of drug-likeness (QED) is 0.600. The molecule has 1 aliphatic rings. The third kappa shape index (κ3) is 4.62. The number of aryl methyl sites for hydroxylation is 1. The van der Waals surface area contributed by atoms with Crippen LogP contribution in [0.4, 0.5) is 23.2 Å². The van der Waals surface area contributed by atoms with E-state index < -0.39 is 17.7 Å². The minimum atomic E-state index is -4.62. The number of benzene rings is 1. The fraction of sp³-hybridized carbons (Fsp3) is 0.381. The first-order chi connectivity index (χ1) is 14.7. The van der Waals surface area contributed by atoms with E-state index in [-0.39, 0.29) is 34.6 Å². The van der Waals surface area contributed by atoms with Crippen LogP contribution in [0, 0.1) is 5.82 Å². The predicted octanol–water partition coefficient (Wildman–Crippen LogP) is 4.28. The van der Waals surface area contributed by atoms with Crippen molar-refractivity contribution in [1.82, 2.24) is 20.1 Å². The summed E-state index contributed by atoms with van der Waals surface area (Å²) in [5.74, 6) is -0.802. The number of pyridine rings is 1. The second-order valence-corrected chi connectivity index (χ2v) is 7.73. The van der Waals surface area contributed by atoms with Crippen molar-refractivity contribution >= 4 is 22.5 Å². The summed E-state index contributed by atoms with van der Waals surface area (Å²) in [7, 11) is 1.67. The minimum Gasteiger partial charge on any atom is -0.382 e. The largest absolute Gasteiger partial charge is 0.433 e. The smallest absolute Gasteiger partial charge is 0.382 e. The van der Waals surface area contributed by atoms with E-state index in [1.807, 2.05) is 0 Å². The van der Waals surface area contributed by atoms with Crippen LogP contribution in [-0.2, 0) is 13.2 Å². The summed E-state index contributed by atoms with van der Waals surface area (Å²) in [6.07, 6.45) is -0.279. The molecule has 2 aromatic heterocycles. The SMILES string of the molecule is Cn1nccc1C(=O)N[C@@H]1CCC[C@H](Nc2cc(C(F)(F)F)nc3ccc(F)cc23)C1. The molecule has 2 N–H and O–H groups in total. The maximum atomic E-state index is 13.8. The third-order valence-corrected chi connectivity index (χ3v) is 5.48. The molecule has 0 radical (unpaired) electrons. The summed E-state index contributed by atoms with van der Waals surface area (Å²) in [6.45, 7) is 0. The Bertz CT molecular complexity index is 1110. The molecule has 6 nitrogen and oxygen atoms in total. The molecule has 0 saturated heterocycles. The van der Waals surface area contributed by atoms with Crippen LogP contribution in [0.1, 0.15) is 41.9 Å². The number of carbonyl (C=O) groups is 1. The highest BCUT2D eigenvalue weighted by molar-refractivity contribution is 5.93. The standard InChI is InChI=1S/C21H21F4N5O/c1-30-18(7-8-26-30)20(31)28-14-4-2-3-13(10-14)27-17-11-19(21(23,24)25)29-16-6-5-12(22)9-15(16)17/h5-9,11,13-14H,2-4,10H2,1H3,(H,27,29)(H,28,31)/t13-,14+/m0/s1. The van der Waals surface area contributed by atoms with Crippen LogP contribution < -0.4 is 10.6 Å². The van der Waals surface area contributed by atoms with Crippen LogP contribution in [-0.4, -0.2) is 32.8 Å². The fourth-order valence-corrected chi connectivity index (χ4v) is 3.99. The molecule has 0 unspecified atom stereocenters. The number of rotatable bonds is 4. The van der Waals surface area contributed by atoms with Gasteiger partial charge in [-0.2, -0.15) is 18.3 Å². The molecule has 164 valence electrons. The number of alkyl halides is 3. The number of fused-ring (bicyclic) bond motifs is 1. The highest BCUT2D eigenvalue weighted by atomic mass is 19.4. The lowest BCUT2D eigenvalue weighted by molar-refractivity contribution is -0.140. The Kier molecular flexibility index (Phi) is 5.55. The summed E-state index contributed by atoms with van der Waals surface area (Å²) in [6, 6.07) is 5.72. The van der Waals surface area contributed by atoms with Crippen molar-refractivity contribution in [1.29, 1.82) is 0 Å². The maximum absolute atomic E-state index is 13.8. The van der Waals surface area contributed by atoms with Gasteiger partial charge in [0.2, 0.25) is 0 Å². The second-order valence-electron chi connectivity index (χ2n) is 7.73. The molecule has 1 aliphatic carbocycles. The predicted molar refractivity (Wildman–Crippen MR) is 107 cm³/mol. The zero-order valence-corrected chi connectivity index (χ0v) is 16.7. The van der Waals surface area contributed by atoms with Gasteiger partial charge in [-0.1, -0.05) is 0 Å². The van der Waals surface area contributed by atoms with Gasteiger partial charge in [-0.15, -0.1) is 0 Å². The van der Waals surface area contributed by atoms with E-state index in [0.29, 0.717) is 12.1 Å². The van der Waals surface area contributed by atoms with Crippen molar-refractivity contribution in [2.45, 2.75) is 43.9 Å².